The maximum atomic E-state index is 12.6. The minimum Gasteiger partial charge on any atom is -0.485 e. The number of allylic oxidation sites excluding steroid dienone is 4. The number of halogens is 3. The number of aliphatic hydroxyl groups excluding tert-OH is 1. The highest BCUT2D eigenvalue weighted by Crippen LogP contribution is 2.29. The van der Waals surface area contributed by atoms with Crippen molar-refractivity contribution in [3.8, 4) is 0 Å². The number of alkyl halides is 3. The van der Waals surface area contributed by atoms with Crippen molar-refractivity contribution in [2.45, 2.75) is 65.7 Å². The molecule has 1 aromatic carbocycles. The molecule has 7 heteroatoms. The van der Waals surface area contributed by atoms with Crippen LogP contribution in [0.25, 0.3) is 4.91 Å². The van der Waals surface area contributed by atoms with Crippen LogP contribution in [0.4, 0.5) is 13.2 Å². The Morgan fingerprint density at radius 3 is 2.31 bits per heavy atom. The monoisotopic (exact) mass is 525 g/mol. The summed E-state index contributed by atoms with van der Waals surface area (Å²) in [4.78, 5) is 3.50. The van der Waals surface area contributed by atoms with E-state index < -0.39 is 18.2 Å². The molecule has 0 saturated heterocycles. The van der Waals surface area contributed by atoms with Crippen LogP contribution < -0.4 is 0 Å². The molecule has 1 aliphatic heterocycles. The average Bonchev–Trinajstić information content (AvgIpc) is 2.88. The minimum absolute atomic E-state index is 0.0563. The Balaban J connectivity index is 0.00000316. The lowest BCUT2D eigenvalue weighted by Gasteiger charge is -2.24. The second-order valence-corrected chi connectivity index (χ2v) is 9.97. The molecule has 1 N–H and O–H groups in total. The van der Waals surface area contributed by atoms with Crippen LogP contribution in [0, 0.1) is 0 Å². The van der Waals surface area contributed by atoms with Gasteiger partial charge in [0.2, 0.25) is 0 Å². The molecule has 0 saturated carbocycles. The molecule has 0 fully saturated rings. The first kappa shape index (κ1) is 32.1. The zero-order valence-electron chi connectivity index (χ0n) is 22.3. The van der Waals surface area contributed by atoms with Crippen molar-refractivity contribution >= 4 is 16.7 Å². The standard InChI is InChI=1S/C27H36F3NO2S.C2H6/c1-4-25(23-14-12-22(13-15-23)20-27(28,29)30)34-19-18-31-16-8-5-6-10-24(11-7-9-17-31)33-26(2,3)21-32;1-2/h4-7,10-15,32H,8-9,16-21H2,1-3H3;1-2H3/b6-5+,11-7+,24-10+,25-4-;. The normalized spacial score (nSPS) is 19.2. The number of hydrogen-bond donors (Lipinski definition) is 1. The summed E-state index contributed by atoms with van der Waals surface area (Å²) >= 11 is 1.73. The van der Waals surface area contributed by atoms with Gasteiger partial charge in [0.05, 0.1) is 13.0 Å². The maximum absolute atomic E-state index is 12.6. The van der Waals surface area contributed by atoms with Crippen LogP contribution in [-0.4, -0.2) is 53.8 Å². The summed E-state index contributed by atoms with van der Waals surface area (Å²) in [6.45, 7) is 12.4. The third-order valence-electron chi connectivity index (χ3n) is 5.25. The highest BCUT2D eigenvalue weighted by Gasteiger charge is 2.27. The molecule has 3 nitrogen and oxygen atoms in total. The molecule has 0 aliphatic carbocycles. The molecule has 0 unspecified atom stereocenters. The lowest BCUT2D eigenvalue weighted by molar-refractivity contribution is -0.127. The van der Waals surface area contributed by atoms with E-state index in [2.05, 4.69) is 17.1 Å². The Morgan fingerprint density at radius 2 is 1.72 bits per heavy atom. The van der Waals surface area contributed by atoms with Crippen molar-refractivity contribution in [2.75, 3.05) is 32.0 Å². The third kappa shape index (κ3) is 13.4. The number of thioether (sulfide) groups is 1. The second-order valence-electron chi connectivity index (χ2n) is 8.83. The van der Waals surface area contributed by atoms with Gasteiger partial charge >= 0.3 is 6.18 Å². The van der Waals surface area contributed by atoms with Gasteiger partial charge in [0.25, 0.3) is 0 Å². The van der Waals surface area contributed by atoms with Crippen LogP contribution in [0.15, 0.2) is 66.5 Å². The van der Waals surface area contributed by atoms with E-state index >= 15 is 0 Å². The molecule has 2 rings (SSSR count). The minimum atomic E-state index is -4.19. The van der Waals surface area contributed by atoms with Crippen molar-refractivity contribution in [2.24, 2.45) is 0 Å². The fourth-order valence-corrected chi connectivity index (χ4v) is 4.46. The zero-order chi connectivity index (χ0) is 27.0. The Kier molecular flexibility index (Phi) is 14.9. The van der Waals surface area contributed by atoms with Gasteiger partial charge in [-0.2, -0.15) is 13.2 Å². The van der Waals surface area contributed by atoms with Crippen molar-refractivity contribution in [3.05, 3.63) is 77.6 Å². The molecular formula is C29H42F3NO2S. The Bertz CT molecular complexity index is 872. The molecule has 0 radical (unpaired) electrons. The van der Waals surface area contributed by atoms with Crippen molar-refractivity contribution < 1.29 is 23.0 Å². The predicted molar refractivity (Wildman–Crippen MR) is 148 cm³/mol. The predicted octanol–water partition coefficient (Wildman–Crippen LogP) is 7.79. The van der Waals surface area contributed by atoms with Crippen molar-refractivity contribution in [1.29, 1.82) is 0 Å². The molecular weight excluding hydrogens is 483 g/mol. The van der Waals surface area contributed by atoms with Crippen molar-refractivity contribution in [3.63, 3.8) is 0 Å². The smallest absolute Gasteiger partial charge is 0.393 e. The summed E-state index contributed by atoms with van der Waals surface area (Å²) in [6, 6.07) is 6.67. The molecule has 0 amide bonds. The van der Waals surface area contributed by atoms with Crippen LogP contribution >= 0.6 is 11.8 Å². The zero-order valence-corrected chi connectivity index (χ0v) is 23.1. The number of ether oxygens (including phenoxy) is 1. The van der Waals surface area contributed by atoms with E-state index in [1.807, 2.05) is 58.9 Å². The van der Waals surface area contributed by atoms with E-state index in [1.165, 1.54) is 0 Å². The van der Waals surface area contributed by atoms with Gasteiger partial charge in [0.15, 0.2) is 0 Å². The molecule has 0 aromatic heterocycles. The summed E-state index contributed by atoms with van der Waals surface area (Å²) < 4.78 is 43.7. The highest BCUT2D eigenvalue weighted by atomic mass is 32.2. The van der Waals surface area contributed by atoms with Gasteiger partial charge in [-0.05, 0) is 56.9 Å². The molecule has 0 spiro atoms. The molecule has 1 heterocycles. The quantitative estimate of drug-likeness (QED) is 0.357. The molecule has 0 atom stereocenters. The largest absolute Gasteiger partial charge is 0.485 e. The lowest BCUT2D eigenvalue weighted by atomic mass is 10.1. The summed E-state index contributed by atoms with van der Waals surface area (Å²) in [5, 5.41) is 9.45. The molecule has 1 aliphatic rings. The number of benzene rings is 1. The first-order chi connectivity index (χ1) is 17.1. The van der Waals surface area contributed by atoms with Gasteiger partial charge in [0.1, 0.15) is 11.4 Å². The summed E-state index contributed by atoms with van der Waals surface area (Å²) in [5.74, 6) is 1.63. The first-order valence-corrected chi connectivity index (χ1v) is 13.6. The molecule has 1 aromatic rings. The van der Waals surface area contributed by atoms with Gasteiger partial charge in [-0.3, -0.25) is 0 Å². The van der Waals surface area contributed by atoms with Crippen LogP contribution in [0.3, 0.4) is 0 Å². The van der Waals surface area contributed by atoms with E-state index in [1.54, 1.807) is 36.0 Å². The number of aliphatic hydroxyl groups is 1. The second kappa shape index (κ2) is 16.7. The molecule has 0 bridgehead atoms. The summed E-state index contributed by atoms with van der Waals surface area (Å²) in [7, 11) is 0. The van der Waals surface area contributed by atoms with Crippen LogP contribution in [0.2, 0.25) is 0 Å². The van der Waals surface area contributed by atoms with E-state index in [0.29, 0.717) is 0 Å². The fraction of sp³-hybridized carbons (Fsp3) is 0.517. The lowest BCUT2D eigenvalue weighted by Crippen LogP contribution is -2.28. The topological polar surface area (TPSA) is 32.7 Å². The van der Waals surface area contributed by atoms with E-state index in [-0.39, 0.29) is 12.2 Å². The molecule has 36 heavy (non-hydrogen) atoms. The Morgan fingerprint density at radius 1 is 1.08 bits per heavy atom. The van der Waals surface area contributed by atoms with Crippen LogP contribution in [0.5, 0.6) is 0 Å². The third-order valence-corrected chi connectivity index (χ3v) is 6.42. The number of rotatable bonds is 9. The summed E-state index contributed by atoms with van der Waals surface area (Å²) in [5.41, 5.74) is 0.604. The van der Waals surface area contributed by atoms with Gasteiger partial charge < -0.3 is 14.7 Å². The van der Waals surface area contributed by atoms with Crippen molar-refractivity contribution in [1.82, 2.24) is 4.90 Å². The summed E-state index contributed by atoms with van der Waals surface area (Å²) in [6.07, 6.45) is 8.84. The van der Waals surface area contributed by atoms with E-state index in [4.69, 9.17) is 4.74 Å². The van der Waals surface area contributed by atoms with Gasteiger partial charge in [-0.1, -0.05) is 62.4 Å². The van der Waals surface area contributed by atoms with Gasteiger partial charge in [-0.15, -0.1) is 11.8 Å². The van der Waals surface area contributed by atoms with Crippen LogP contribution in [-0.2, 0) is 11.2 Å². The highest BCUT2D eigenvalue weighted by molar-refractivity contribution is 8.08. The SMILES string of the molecule is C/C=C(\SCCN1CC/C=C/C=C(OC(C)(C)CO)\C=C\CC1)c1ccc(CC(F)(F)F)cc1.CC. The number of hydrogen-bond acceptors (Lipinski definition) is 4. The average molecular weight is 526 g/mol. The fourth-order valence-electron chi connectivity index (χ4n) is 3.42. The van der Waals surface area contributed by atoms with E-state index in [9.17, 15) is 18.3 Å². The van der Waals surface area contributed by atoms with Gasteiger partial charge in [0, 0.05) is 30.3 Å². The Hall–Kier alpha value is -1.96. The number of nitrogens with zero attached hydrogens (tertiary/aromatic N) is 1. The Labute approximate surface area is 219 Å². The molecule has 202 valence electrons. The maximum Gasteiger partial charge on any atom is 0.393 e. The van der Waals surface area contributed by atoms with E-state index in [0.717, 1.165) is 54.5 Å². The van der Waals surface area contributed by atoms with Gasteiger partial charge in [-0.25, -0.2) is 0 Å². The first-order valence-electron chi connectivity index (χ1n) is 12.6. The van der Waals surface area contributed by atoms with Crippen LogP contribution in [0.1, 0.15) is 58.6 Å².